The van der Waals surface area contributed by atoms with Gasteiger partial charge in [0.15, 0.2) is 0 Å². The Balaban J connectivity index is 3.09. The Kier molecular flexibility index (Phi) is 11.6. The zero-order valence-electron chi connectivity index (χ0n) is 18.9. The number of rotatable bonds is 12. The number of ether oxygens (including phenoxy) is 3. The summed E-state index contributed by atoms with van der Waals surface area (Å²) in [6.45, 7) is 10.3. The molecule has 1 amide bonds. The van der Waals surface area contributed by atoms with Gasteiger partial charge in [-0.3, -0.25) is 4.90 Å². The molecule has 1 rings (SSSR count). The largest absolute Gasteiger partial charge is 0.494 e. The summed E-state index contributed by atoms with van der Waals surface area (Å²) < 4.78 is 16.4. The van der Waals surface area contributed by atoms with E-state index in [0.29, 0.717) is 25.5 Å². The molecule has 30 heavy (non-hydrogen) atoms. The van der Waals surface area contributed by atoms with Gasteiger partial charge in [-0.2, -0.15) is 0 Å². The normalized spacial score (nSPS) is 12.2. The third kappa shape index (κ3) is 9.70. The maximum absolute atomic E-state index is 13.0. The molecule has 0 heterocycles. The van der Waals surface area contributed by atoms with Gasteiger partial charge in [-0.05, 0) is 65.2 Å². The standard InChI is InChI=1S/C23H36ClNO5/c1-6-28-19-13-11-18(12-14-19)17-20(21(26)29-7-2)25(16-10-8-9-15-24)22(27)30-23(3,4)5/h11-14,20H,6-10,15-17H2,1-5H3/t20-/m0/s1. The number of carbonyl (C=O) groups is 2. The van der Waals surface area contributed by atoms with Crippen LogP contribution in [0.1, 0.15) is 59.4 Å². The monoisotopic (exact) mass is 441 g/mol. The first kappa shape index (κ1) is 26.1. The highest BCUT2D eigenvalue weighted by Gasteiger charge is 2.33. The van der Waals surface area contributed by atoms with Crippen molar-refractivity contribution in [3.05, 3.63) is 29.8 Å². The molecule has 0 bridgehead atoms. The summed E-state index contributed by atoms with van der Waals surface area (Å²) in [7, 11) is 0. The van der Waals surface area contributed by atoms with Gasteiger partial charge in [-0.25, -0.2) is 9.59 Å². The second-order valence-corrected chi connectivity index (χ2v) is 8.35. The Morgan fingerprint density at radius 2 is 1.70 bits per heavy atom. The number of alkyl halides is 1. The summed E-state index contributed by atoms with van der Waals surface area (Å²) in [5, 5.41) is 0. The van der Waals surface area contributed by atoms with Crippen molar-refractivity contribution in [1.82, 2.24) is 4.90 Å². The lowest BCUT2D eigenvalue weighted by molar-refractivity contribution is -0.149. The highest BCUT2D eigenvalue weighted by Crippen LogP contribution is 2.19. The lowest BCUT2D eigenvalue weighted by atomic mass is 10.0. The van der Waals surface area contributed by atoms with Crippen LogP contribution in [0.2, 0.25) is 0 Å². The average Bonchev–Trinajstić information content (AvgIpc) is 2.67. The number of amides is 1. The Labute approximate surface area is 185 Å². The first-order valence-electron chi connectivity index (χ1n) is 10.7. The summed E-state index contributed by atoms with van der Waals surface area (Å²) in [4.78, 5) is 27.2. The Bertz CT molecular complexity index is 642. The molecule has 1 aromatic carbocycles. The number of hydrogen-bond donors (Lipinski definition) is 0. The number of hydrogen-bond acceptors (Lipinski definition) is 5. The van der Waals surface area contributed by atoms with E-state index in [9.17, 15) is 9.59 Å². The lowest BCUT2D eigenvalue weighted by Crippen LogP contribution is -2.49. The van der Waals surface area contributed by atoms with E-state index in [1.54, 1.807) is 6.92 Å². The third-order valence-electron chi connectivity index (χ3n) is 4.26. The summed E-state index contributed by atoms with van der Waals surface area (Å²) in [5.74, 6) is 0.897. The van der Waals surface area contributed by atoms with Gasteiger partial charge in [0.05, 0.1) is 13.2 Å². The molecule has 170 valence electrons. The van der Waals surface area contributed by atoms with Gasteiger partial charge < -0.3 is 14.2 Å². The molecule has 0 aliphatic heterocycles. The van der Waals surface area contributed by atoms with E-state index < -0.39 is 23.7 Å². The average molecular weight is 442 g/mol. The number of halogens is 1. The highest BCUT2D eigenvalue weighted by atomic mass is 35.5. The number of esters is 1. The van der Waals surface area contributed by atoms with E-state index >= 15 is 0 Å². The first-order valence-corrected chi connectivity index (χ1v) is 11.2. The van der Waals surface area contributed by atoms with Gasteiger partial charge in [0.1, 0.15) is 17.4 Å². The molecule has 1 atom stereocenters. The molecular weight excluding hydrogens is 406 g/mol. The highest BCUT2D eigenvalue weighted by molar-refractivity contribution is 6.17. The predicted molar refractivity (Wildman–Crippen MR) is 119 cm³/mol. The van der Waals surface area contributed by atoms with Crippen molar-refractivity contribution >= 4 is 23.7 Å². The summed E-state index contributed by atoms with van der Waals surface area (Å²) in [6, 6.07) is 6.75. The molecule has 0 spiro atoms. The second kappa shape index (κ2) is 13.4. The molecule has 0 fully saturated rings. The van der Waals surface area contributed by atoms with E-state index in [4.69, 9.17) is 25.8 Å². The van der Waals surface area contributed by atoms with Crippen LogP contribution in [0.4, 0.5) is 4.79 Å². The Morgan fingerprint density at radius 3 is 2.23 bits per heavy atom. The van der Waals surface area contributed by atoms with Crippen LogP contribution in [0, 0.1) is 0 Å². The van der Waals surface area contributed by atoms with Gasteiger partial charge in [-0.1, -0.05) is 18.6 Å². The van der Waals surface area contributed by atoms with E-state index in [1.165, 1.54) is 4.90 Å². The molecule has 0 saturated carbocycles. The molecule has 0 N–H and O–H groups in total. The van der Waals surface area contributed by atoms with Crippen molar-refractivity contribution in [2.24, 2.45) is 0 Å². The quantitative estimate of drug-likeness (QED) is 0.253. The van der Waals surface area contributed by atoms with Crippen molar-refractivity contribution in [1.29, 1.82) is 0 Å². The fourth-order valence-corrected chi connectivity index (χ4v) is 3.11. The van der Waals surface area contributed by atoms with E-state index in [2.05, 4.69) is 0 Å². The SMILES string of the molecule is CCOC(=O)[C@H](Cc1ccc(OCC)cc1)N(CCCCCCl)C(=O)OC(C)(C)C. The predicted octanol–water partition coefficient (Wildman–Crippen LogP) is 5.21. The fraction of sp³-hybridized carbons (Fsp3) is 0.652. The molecule has 0 aliphatic carbocycles. The Hall–Kier alpha value is -1.95. The number of unbranched alkanes of at least 4 members (excludes halogenated alkanes) is 2. The minimum atomic E-state index is -0.770. The van der Waals surface area contributed by atoms with Gasteiger partial charge >= 0.3 is 12.1 Å². The minimum Gasteiger partial charge on any atom is -0.494 e. The molecular formula is C23H36ClNO5. The number of benzene rings is 1. The summed E-state index contributed by atoms with van der Waals surface area (Å²) in [6.07, 6.45) is 2.26. The zero-order chi connectivity index (χ0) is 22.6. The molecule has 6 nitrogen and oxygen atoms in total. The smallest absolute Gasteiger partial charge is 0.411 e. The van der Waals surface area contributed by atoms with Crippen molar-refractivity contribution in [3.63, 3.8) is 0 Å². The minimum absolute atomic E-state index is 0.243. The molecule has 0 unspecified atom stereocenters. The van der Waals surface area contributed by atoms with Crippen LogP contribution in [0.5, 0.6) is 5.75 Å². The zero-order valence-corrected chi connectivity index (χ0v) is 19.7. The summed E-state index contributed by atoms with van der Waals surface area (Å²) in [5.41, 5.74) is 0.245. The van der Waals surface area contributed by atoms with E-state index in [0.717, 1.165) is 30.6 Å². The molecule has 0 aromatic heterocycles. The maximum Gasteiger partial charge on any atom is 0.411 e. The van der Waals surface area contributed by atoms with Crippen molar-refractivity contribution in [2.45, 2.75) is 71.9 Å². The second-order valence-electron chi connectivity index (χ2n) is 7.97. The van der Waals surface area contributed by atoms with Crippen LogP contribution in [0.3, 0.4) is 0 Å². The Morgan fingerprint density at radius 1 is 1.03 bits per heavy atom. The van der Waals surface area contributed by atoms with Crippen LogP contribution in [-0.2, 0) is 20.7 Å². The number of nitrogens with zero attached hydrogens (tertiary/aromatic N) is 1. The van der Waals surface area contributed by atoms with Crippen LogP contribution >= 0.6 is 11.6 Å². The van der Waals surface area contributed by atoms with Crippen molar-refractivity contribution in [2.75, 3.05) is 25.6 Å². The first-order chi connectivity index (χ1) is 14.2. The van der Waals surface area contributed by atoms with E-state index in [-0.39, 0.29) is 6.61 Å². The molecule has 0 radical (unpaired) electrons. The lowest BCUT2D eigenvalue weighted by Gasteiger charge is -2.32. The summed E-state index contributed by atoms with van der Waals surface area (Å²) >= 11 is 5.77. The fourth-order valence-electron chi connectivity index (χ4n) is 2.92. The van der Waals surface area contributed by atoms with Crippen LogP contribution < -0.4 is 4.74 Å². The molecule has 7 heteroatoms. The van der Waals surface area contributed by atoms with E-state index in [1.807, 2.05) is 52.0 Å². The maximum atomic E-state index is 13.0. The number of carbonyl (C=O) groups excluding carboxylic acids is 2. The van der Waals surface area contributed by atoms with Crippen LogP contribution in [0.25, 0.3) is 0 Å². The van der Waals surface area contributed by atoms with Crippen LogP contribution in [-0.4, -0.2) is 54.2 Å². The molecule has 1 aromatic rings. The molecule has 0 aliphatic rings. The van der Waals surface area contributed by atoms with Gasteiger partial charge in [-0.15, -0.1) is 11.6 Å². The van der Waals surface area contributed by atoms with Gasteiger partial charge in [0, 0.05) is 18.8 Å². The van der Waals surface area contributed by atoms with Gasteiger partial charge in [0.25, 0.3) is 0 Å². The third-order valence-corrected chi connectivity index (χ3v) is 4.53. The van der Waals surface area contributed by atoms with Crippen molar-refractivity contribution < 1.29 is 23.8 Å². The van der Waals surface area contributed by atoms with Gasteiger partial charge in [0.2, 0.25) is 0 Å². The molecule has 0 saturated heterocycles. The van der Waals surface area contributed by atoms with Crippen molar-refractivity contribution in [3.8, 4) is 5.75 Å². The topological polar surface area (TPSA) is 65.1 Å². The van der Waals surface area contributed by atoms with Crippen LogP contribution in [0.15, 0.2) is 24.3 Å².